The highest BCUT2D eigenvalue weighted by Gasteiger charge is 2.06. The predicted octanol–water partition coefficient (Wildman–Crippen LogP) is 1.93. The summed E-state index contributed by atoms with van der Waals surface area (Å²) in [6, 6.07) is 9.48. The van der Waals surface area contributed by atoms with E-state index < -0.39 is 5.97 Å². The number of aliphatic carboxylic acids is 1. The maximum absolute atomic E-state index is 11.9. The van der Waals surface area contributed by atoms with Crippen LogP contribution in [0.1, 0.15) is 18.4 Å². The summed E-state index contributed by atoms with van der Waals surface area (Å²) in [4.78, 5) is 22.3. The molecule has 1 aromatic heterocycles. The minimum atomic E-state index is -0.821. The predicted molar refractivity (Wildman–Crippen MR) is 77.9 cm³/mol. The molecule has 6 heteroatoms. The Hall–Kier alpha value is -2.63. The Bertz CT molecular complexity index is 608. The first kappa shape index (κ1) is 14.8. The number of hydrogen-bond donors (Lipinski definition) is 2. The van der Waals surface area contributed by atoms with E-state index in [4.69, 9.17) is 5.11 Å². The first-order valence-electron chi connectivity index (χ1n) is 6.71. The average molecular weight is 287 g/mol. The van der Waals surface area contributed by atoms with E-state index in [1.165, 1.54) is 0 Å². The van der Waals surface area contributed by atoms with Gasteiger partial charge in [-0.3, -0.25) is 14.3 Å². The molecule has 0 aliphatic carbocycles. The van der Waals surface area contributed by atoms with Gasteiger partial charge >= 0.3 is 5.97 Å². The monoisotopic (exact) mass is 287 g/mol. The van der Waals surface area contributed by atoms with Gasteiger partial charge in [0.25, 0.3) is 0 Å². The third-order valence-corrected chi connectivity index (χ3v) is 2.90. The number of hydrogen-bond acceptors (Lipinski definition) is 3. The van der Waals surface area contributed by atoms with Crippen molar-refractivity contribution in [3.63, 3.8) is 0 Å². The highest BCUT2D eigenvalue weighted by Crippen LogP contribution is 2.08. The van der Waals surface area contributed by atoms with Gasteiger partial charge in [0, 0.05) is 19.2 Å². The number of aromatic nitrogens is 2. The molecule has 6 nitrogen and oxygen atoms in total. The fourth-order valence-electron chi connectivity index (χ4n) is 1.93. The number of benzene rings is 1. The van der Waals surface area contributed by atoms with E-state index in [0.29, 0.717) is 25.1 Å². The van der Waals surface area contributed by atoms with Crippen molar-refractivity contribution in [2.45, 2.75) is 25.8 Å². The molecule has 21 heavy (non-hydrogen) atoms. The van der Waals surface area contributed by atoms with E-state index in [1.807, 2.05) is 30.3 Å². The van der Waals surface area contributed by atoms with E-state index in [-0.39, 0.29) is 12.3 Å². The zero-order valence-corrected chi connectivity index (χ0v) is 11.5. The Morgan fingerprint density at radius 2 is 2.00 bits per heavy atom. The Morgan fingerprint density at radius 3 is 2.71 bits per heavy atom. The number of carbonyl (C=O) groups is 2. The van der Waals surface area contributed by atoms with Crippen LogP contribution in [0.5, 0.6) is 0 Å². The van der Waals surface area contributed by atoms with E-state index in [2.05, 4.69) is 10.4 Å². The SMILES string of the molecule is O=C(O)CCCn1cc(NC(=O)Cc2ccccc2)cn1. The van der Waals surface area contributed by atoms with Gasteiger partial charge < -0.3 is 10.4 Å². The second kappa shape index (κ2) is 7.23. The van der Waals surface area contributed by atoms with Crippen LogP contribution >= 0.6 is 0 Å². The van der Waals surface area contributed by atoms with Crippen LogP contribution in [0, 0.1) is 0 Å². The highest BCUT2D eigenvalue weighted by atomic mass is 16.4. The number of carboxylic acids is 1. The standard InChI is InChI=1S/C15H17N3O3/c19-14(9-12-5-2-1-3-6-12)17-13-10-16-18(11-13)8-4-7-15(20)21/h1-3,5-6,10-11H,4,7-9H2,(H,17,19)(H,20,21). The van der Waals surface area contributed by atoms with Crippen molar-refractivity contribution in [1.29, 1.82) is 0 Å². The second-order valence-corrected chi connectivity index (χ2v) is 4.70. The van der Waals surface area contributed by atoms with Crippen molar-refractivity contribution < 1.29 is 14.7 Å². The van der Waals surface area contributed by atoms with E-state index in [0.717, 1.165) is 5.56 Å². The van der Waals surface area contributed by atoms with Gasteiger partial charge in [0.2, 0.25) is 5.91 Å². The van der Waals surface area contributed by atoms with Gasteiger partial charge in [0.05, 0.1) is 18.3 Å². The Kier molecular flexibility index (Phi) is 5.09. The van der Waals surface area contributed by atoms with Gasteiger partial charge in [0.1, 0.15) is 0 Å². The third-order valence-electron chi connectivity index (χ3n) is 2.90. The van der Waals surface area contributed by atoms with E-state index in [9.17, 15) is 9.59 Å². The molecule has 0 aliphatic rings. The van der Waals surface area contributed by atoms with Crippen molar-refractivity contribution >= 4 is 17.6 Å². The van der Waals surface area contributed by atoms with Crippen LogP contribution in [-0.4, -0.2) is 26.8 Å². The number of anilines is 1. The van der Waals surface area contributed by atoms with Gasteiger partial charge in [-0.25, -0.2) is 0 Å². The lowest BCUT2D eigenvalue weighted by Gasteiger charge is -2.02. The molecular formula is C15H17N3O3. The van der Waals surface area contributed by atoms with Gasteiger partial charge in [-0.15, -0.1) is 0 Å². The van der Waals surface area contributed by atoms with Crippen molar-refractivity contribution in [2.24, 2.45) is 0 Å². The third kappa shape index (κ3) is 5.10. The normalized spacial score (nSPS) is 10.3. The lowest BCUT2D eigenvalue weighted by molar-refractivity contribution is -0.137. The zero-order chi connectivity index (χ0) is 15.1. The highest BCUT2D eigenvalue weighted by molar-refractivity contribution is 5.91. The molecule has 110 valence electrons. The fraction of sp³-hybridized carbons (Fsp3) is 0.267. The van der Waals surface area contributed by atoms with E-state index >= 15 is 0 Å². The van der Waals surface area contributed by atoms with Crippen LogP contribution in [-0.2, 0) is 22.6 Å². The molecular weight excluding hydrogens is 270 g/mol. The molecule has 0 bridgehead atoms. The van der Waals surface area contributed by atoms with Crippen molar-refractivity contribution in [1.82, 2.24) is 9.78 Å². The van der Waals surface area contributed by atoms with Crippen LogP contribution in [0.2, 0.25) is 0 Å². The molecule has 0 aliphatic heterocycles. The molecule has 0 saturated carbocycles. The van der Waals surface area contributed by atoms with Crippen LogP contribution < -0.4 is 5.32 Å². The number of carbonyl (C=O) groups excluding carboxylic acids is 1. The van der Waals surface area contributed by atoms with E-state index in [1.54, 1.807) is 17.1 Å². The lowest BCUT2D eigenvalue weighted by atomic mass is 10.1. The molecule has 2 N–H and O–H groups in total. The maximum atomic E-state index is 11.9. The van der Waals surface area contributed by atoms with Gasteiger partial charge in [0.15, 0.2) is 0 Å². The molecule has 0 atom stereocenters. The fourth-order valence-corrected chi connectivity index (χ4v) is 1.93. The summed E-state index contributed by atoms with van der Waals surface area (Å²) in [6.07, 6.45) is 4.18. The van der Waals surface area contributed by atoms with Gasteiger partial charge in [-0.1, -0.05) is 30.3 Å². The number of aryl methyl sites for hydroxylation is 1. The summed E-state index contributed by atoms with van der Waals surface area (Å²) in [5.74, 6) is -0.926. The summed E-state index contributed by atoms with van der Waals surface area (Å²) in [5.41, 5.74) is 1.56. The topological polar surface area (TPSA) is 84.2 Å². The number of carboxylic acid groups (broad SMARTS) is 1. The molecule has 1 aromatic carbocycles. The molecule has 0 unspecified atom stereocenters. The molecule has 1 amide bonds. The summed E-state index contributed by atoms with van der Waals surface area (Å²) >= 11 is 0. The van der Waals surface area contributed by atoms with Crippen molar-refractivity contribution in [3.8, 4) is 0 Å². The second-order valence-electron chi connectivity index (χ2n) is 4.70. The van der Waals surface area contributed by atoms with Gasteiger partial charge in [-0.2, -0.15) is 5.10 Å². The summed E-state index contributed by atoms with van der Waals surface area (Å²) in [6.45, 7) is 0.515. The zero-order valence-electron chi connectivity index (χ0n) is 11.5. The lowest BCUT2D eigenvalue weighted by Crippen LogP contribution is -2.13. The van der Waals surface area contributed by atoms with Crippen LogP contribution in [0.15, 0.2) is 42.7 Å². The number of amides is 1. The molecule has 0 fully saturated rings. The van der Waals surface area contributed by atoms with Crippen molar-refractivity contribution in [3.05, 3.63) is 48.3 Å². The minimum Gasteiger partial charge on any atom is -0.481 e. The summed E-state index contributed by atoms with van der Waals surface area (Å²) in [7, 11) is 0. The first-order valence-corrected chi connectivity index (χ1v) is 6.71. The van der Waals surface area contributed by atoms with Gasteiger partial charge in [-0.05, 0) is 12.0 Å². The molecule has 0 radical (unpaired) electrons. The van der Waals surface area contributed by atoms with Crippen molar-refractivity contribution in [2.75, 3.05) is 5.32 Å². The minimum absolute atomic E-state index is 0.105. The largest absolute Gasteiger partial charge is 0.481 e. The molecule has 1 heterocycles. The van der Waals surface area contributed by atoms with Crippen LogP contribution in [0.25, 0.3) is 0 Å². The summed E-state index contributed by atoms with van der Waals surface area (Å²) in [5, 5.41) is 15.4. The molecule has 2 rings (SSSR count). The smallest absolute Gasteiger partial charge is 0.303 e. The quantitative estimate of drug-likeness (QED) is 0.815. The first-order chi connectivity index (χ1) is 10.1. The maximum Gasteiger partial charge on any atom is 0.303 e. The summed E-state index contributed by atoms with van der Waals surface area (Å²) < 4.78 is 1.63. The van der Waals surface area contributed by atoms with Crippen LogP contribution in [0.3, 0.4) is 0 Å². The molecule has 0 spiro atoms. The number of rotatable bonds is 7. The average Bonchev–Trinajstić information content (AvgIpc) is 2.86. The Labute approximate surface area is 122 Å². The molecule has 2 aromatic rings. The number of nitrogens with zero attached hydrogens (tertiary/aromatic N) is 2. The Balaban J connectivity index is 1.81. The number of nitrogens with one attached hydrogen (secondary N) is 1. The van der Waals surface area contributed by atoms with Crippen LogP contribution in [0.4, 0.5) is 5.69 Å². The molecule has 0 saturated heterocycles. The Morgan fingerprint density at radius 1 is 1.24 bits per heavy atom.